The minimum absolute atomic E-state index is 0.0767. The number of carbonyl (C=O) groups is 1. The molecule has 0 fully saturated rings. The molecule has 1 N–H and O–H groups in total. The lowest BCUT2D eigenvalue weighted by Gasteiger charge is -2.09. The van der Waals surface area contributed by atoms with E-state index in [2.05, 4.69) is 17.4 Å². The van der Waals surface area contributed by atoms with Crippen LogP contribution in [0.2, 0.25) is 0 Å². The van der Waals surface area contributed by atoms with Crippen molar-refractivity contribution in [2.24, 2.45) is 0 Å². The zero-order chi connectivity index (χ0) is 16.1. The molecule has 3 rings (SSSR count). The number of hydrogen-bond donors (Lipinski definition) is 1. The van der Waals surface area contributed by atoms with Crippen LogP contribution in [0.5, 0.6) is 5.75 Å². The van der Waals surface area contributed by atoms with Crippen LogP contribution >= 0.6 is 0 Å². The highest BCUT2D eigenvalue weighted by Gasteiger charge is 2.04. The van der Waals surface area contributed by atoms with Crippen LogP contribution in [0.3, 0.4) is 0 Å². The minimum atomic E-state index is -0.0767. The van der Waals surface area contributed by atoms with Crippen LogP contribution in [0, 0.1) is 6.92 Å². The van der Waals surface area contributed by atoms with Gasteiger partial charge in [0, 0.05) is 5.56 Å². The number of ether oxygens (including phenoxy) is 1. The van der Waals surface area contributed by atoms with E-state index in [1.54, 1.807) is 0 Å². The maximum absolute atomic E-state index is 12.0. The number of aryl methyl sites for hydroxylation is 1. The zero-order valence-corrected chi connectivity index (χ0v) is 13.1. The Kier molecular flexibility index (Phi) is 4.57. The Morgan fingerprint density at radius 3 is 2.48 bits per heavy atom. The summed E-state index contributed by atoms with van der Waals surface area (Å²) in [5.74, 6) is 0.736. The largest absolute Gasteiger partial charge is 0.492 e. The van der Waals surface area contributed by atoms with Crippen molar-refractivity contribution < 1.29 is 9.53 Å². The van der Waals surface area contributed by atoms with Gasteiger partial charge in [-0.2, -0.15) is 0 Å². The fourth-order valence-corrected chi connectivity index (χ4v) is 2.40. The number of benzene rings is 3. The van der Waals surface area contributed by atoms with Gasteiger partial charge in [0.2, 0.25) is 0 Å². The average Bonchev–Trinajstić information content (AvgIpc) is 2.59. The molecule has 0 radical (unpaired) electrons. The van der Waals surface area contributed by atoms with Crippen molar-refractivity contribution >= 4 is 16.7 Å². The molecule has 0 saturated carbocycles. The number of nitrogens with one attached hydrogen (secondary N) is 1. The van der Waals surface area contributed by atoms with E-state index in [9.17, 15) is 4.79 Å². The molecule has 3 nitrogen and oxygen atoms in total. The second-order valence-electron chi connectivity index (χ2n) is 5.48. The van der Waals surface area contributed by atoms with E-state index in [0.29, 0.717) is 18.7 Å². The van der Waals surface area contributed by atoms with Gasteiger partial charge in [0.05, 0.1) is 6.54 Å². The van der Waals surface area contributed by atoms with E-state index in [4.69, 9.17) is 4.74 Å². The Labute approximate surface area is 135 Å². The monoisotopic (exact) mass is 305 g/mol. The lowest BCUT2D eigenvalue weighted by Crippen LogP contribution is -2.28. The molecular weight excluding hydrogens is 286 g/mol. The van der Waals surface area contributed by atoms with Crippen LogP contribution in [0.15, 0.2) is 66.7 Å². The molecule has 3 aromatic rings. The molecule has 0 aromatic heterocycles. The molecule has 0 heterocycles. The molecule has 0 aliphatic heterocycles. The second-order valence-corrected chi connectivity index (χ2v) is 5.48. The molecule has 0 spiro atoms. The predicted octanol–water partition coefficient (Wildman–Crippen LogP) is 3.96. The highest BCUT2D eigenvalue weighted by atomic mass is 16.5. The predicted molar refractivity (Wildman–Crippen MR) is 93.0 cm³/mol. The first kappa shape index (κ1) is 15.1. The van der Waals surface area contributed by atoms with Gasteiger partial charge < -0.3 is 10.1 Å². The van der Waals surface area contributed by atoms with Crippen LogP contribution in [-0.2, 0) is 0 Å². The van der Waals surface area contributed by atoms with E-state index in [1.807, 2.05) is 61.5 Å². The highest BCUT2D eigenvalue weighted by molar-refractivity contribution is 5.94. The smallest absolute Gasteiger partial charge is 0.251 e. The van der Waals surface area contributed by atoms with Crippen molar-refractivity contribution in [3.8, 4) is 5.75 Å². The van der Waals surface area contributed by atoms with Gasteiger partial charge in [-0.25, -0.2) is 0 Å². The summed E-state index contributed by atoms with van der Waals surface area (Å²) in [5.41, 5.74) is 1.81. The first-order valence-electron chi connectivity index (χ1n) is 7.69. The number of carbonyl (C=O) groups excluding carboxylic acids is 1. The molecular formula is C20H19NO2. The zero-order valence-electron chi connectivity index (χ0n) is 13.1. The van der Waals surface area contributed by atoms with Gasteiger partial charge in [-0.15, -0.1) is 0 Å². The molecule has 116 valence electrons. The summed E-state index contributed by atoms with van der Waals surface area (Å²) in [7, 11) is 0. The van der Waals surface area contributed by atoms with Crippen molar-refractivity contribution in [1.29, 1.82) is 0 Å². The Morgan fingerprint density at radius 1 is 0.957 bits per heavy atom. The normalized spacial score (nSPS) is 10.5. The quantitative estimate of drug-likeness (QED) is 0.725. The third kappa shape index (κ3) is 3.89. The molecule has 0 atom stereocenters. The van der Waals surface area contributed by atoms with Gasteiger partial charge in [0.15, 0.2) is 0 Å². The van der Waals surface area contributed by atoms with Crippen molar-refractivity contribution in [2.45, 2.75) is 6.92 Å². The molecule has 3 heteroatoms. The molecule has 23 heavy (non-hydrogen) atoms. The van der Waals surface area contributed by atoms with Gasteiger partial charge >= 0.3 is 0 Å². The van der Waals surface area contributed by atoms with Gasteiger partial charge in [0.25, 0.3) is 5.91 Å². The Bertz CT molecular complexity index is 809. The molecule has 0 saturated heterocycles. The van der Waals surface area contributed by atoms with Crippen molar-refractivity contribution in [3.05, 3.63) is 77.9 Å². The third-order valence-corrected chi connectivity index (χ3v) is 3.69. The first-order chi connectivity index (χ1) is 11.2. The molecule has 0 aliphatic rings. The van der Waals surface area contributed by atoms with Crippen LogP contribution in [-0.4, -0.2) is 19.1 Å². The summed E-state index contributed by atoms with van der Waals surface area (Å²) in [6, 6.07) is 21.7. The van der Waals surface area contributed by atoms with Crippen molar-refractivity contribution in [2.75, 3.05) is 13.2 Å². The van der Waals surface area contributed by atoms with E-state index in [0.717, 1.165) is 16.7 Å². The topological polar surface area (TPSA) is 38.3 Å². The van der Waals surface area contributed by atoms with Crippen molar-refractivity contribution in [3.63, 3.8) is 0 Å². The average molecular weight is 305 g/mol. The molecule has 0 unspecified atom stereocenters. The van der Waals surface area contributed by atoms with Gasteiger partial charge in [-0.05, 0) is 42.0 Å². The maximum atomic E-state index is 12.0. The van der Waals surface area contributed by atoms with Crippen LogP contribution in [0.1, 0.15) is 15.9 Å². The van der Waals surface area contributed by atoms with Crippen molar-refractivity contribution in [1.82, 2.24) is 5.32 Å². The summed E-state index contributed by atoms with van der Waals surface area (Å²) < 4.78 is 5.70. The molecule has 0 bridgehead atoms. The van der Waals surface area contributed by atoms with Crippen LogP contribution in [0.25, 0.3) is 10.8 Å². The van der Waals surface area contributed by atoms with E-state index < -0.39 is 0 Å². The highest BCUT2D eigenvalue weighted by Crippen LogP contribution is 2.20. The van der Waals surface area contributed by atoms with E-state index in [1.165, 1.54) is 5.39 Å². The Balaban J connectivity index is 1.50. The lowest BCUT2D eigenvalue weighted by atomic mass is 10.1. The fraction of sp³-hybridized carbons (Fsp3) is 0.150. The maximum Gasteiger partial charge on any atom is 0.251 e. The second kappa shape index (κ2) is 6.97. The van der Waals surface area contributed by atoms with Gasteiger partial charge in [-0.1, -0.05) is 48.0 Å². The molecule has 1 amide bonds. The summed E-state index contributed by atoms with van der Waals surface area (Å²) in [6.07, 6.45) is 0. The van der Waals surface area contributed by atoms with Crippen LogP contribution in [0.4, 0.5) is 0 Å². The Hall–Kier alpha value is -2.81. The van der Waals surface area contributed by atoms with E-state index in [-0.39, 0.29) is 5.91 Å². The first-order valence-corrected chi connectivity index (χ1v) is 7.69. The number of amides is 1. The summed E-state index contributed by atoms with van der Waals surface area (Å²) in [5, 5.41) is 5.20. The summed E-state index contributed by atoms with van der Waals surface area (Å²) >= 11 is 0. The fourth-order valence-electron chi connectivity index (χ4n) is 2.40. The molecule has 0 aliphatic carbocycles. The standard InChI is InChI=1S/C20H19NO2/c1-15-6-8-17(9-7-15)20(22)21-12-13-23-19-11-10-16-4-2-3-5-18(16)14-19/h2-11,14H,12-13H2,1H3,(H,21,22). The Morgan fingerprint density at radius 2 is 1.70 bits per heavy atom. The summed E-state index contributed by atoms with van der Waals surface area (Å²) in [6.45, 7) is 2.91. The summed E-state index contributed by atoms with van der Waals surface area (Å²) in [4.78, 5) is 12.0. The number of rotatable bonds is 5. The number of hydrogen-bond acceptors (Lipinski definition) is 2. The minimum Gasteiger partial charge on any atom is -0.492 e. The van der Waals surface area contributed by atoms with Gasteiger partial charge in [-0.3, -0.25) is 4.79 Å². The number of fused-ring (bicyclic) bond motifs is 1. The van der Waals surface area contributed by atoms with E-state index >= 15 is 0 Å². The van der Waals surface area contributed by atoms with Gasteiger partial charge in [0.1, 0.15) is 12.4 Å². The lowest BCUT2D eigenvalue weighted by molar-refractivity contribution is 0.0947. The van der Waals surface area contributed by atoms with Crippen LogP contribution < -0.4 is 10.1 Å². The molecule has 3 aromatic carbocycles. The SMILES string of the molecule is Cc1ccc(C(=O)NCCOc2ccc3ccccc3c2)cc1. The third-order valence-electron chi connectivity index (χ3n) is 3.69.